The fourth-order valence-corrected chi connectivity index (χ4v) is 2.54. The van der Waals surface area contributed by atoms with Gasteiger partial charge in [0.25, 0.3) is 0 Å². The van der Waals surface area contributed by atoms with Crippen LogP contribution in [0.3, 0.4) is 0 Å². The molecule has 0 saturated heterocycles. The maximum Gasteiger partial charge on any atom is 0.244 e. The largest absolute Gasteiger partial charge is 0.244 e. The molecule has 0 saturated carbocycles. The maximum absolute atomic E-state index is 11.9. The van der Waals surface area contributed by atoms with E-state index in [1.165, 1.54) is 32.2 Å². The molecule has 1 aromatic rings. The number of rotatable bonds is 3. The number of nitrogens with one attached hydrogen (secondary N) is 1. The lowest BCUT2D eigenvalue weighted by molar-refractivity contribution is 0.535. The molecule has 1 rings (SSSR count). The van der Waals surface area contributed by atoms with Gasteiger partial charge in [-0.15, -0.1) is 0 Å². The summed E-state index contributed by atoms with van der Waals surface area (Å²) in [5.74, 6) is 0. The highest BCUT2D eigenvalue weighted by Crippen LogP contribution is 2.14. The molecule has 0 aromatic carbocycles. The van der Waals surface area contributed by atoms with Gasteiger partial charge in [-0.25, -0.2) is 13.4 Å². The first-order chi connectivity index (χ1) is 7.82. The Morgan fingerprint density at radius 2 is 2.06 bits per heavy atom. The molecular weight excluding hydrogens is 240 g/mol. The van der Waals surface area contributed by atoms with Gasteiger partial charge in [-0.3, -0.25) is 0 Å². The summed E-state index contributed by atoms with van der Waals surface area (Å²) >= 11 is 0. The van der Waals surface area contributed by atoms with Crippen molar-refractivity contribution < 1.29 is 8.42 Å². The number of nitriles is 2. The first kappa shape index (κ1) is 13.1. The second-order valence-electron chi connectivity index (χ2n) is 3.80. The Balaban J connectivity index is 3.26. The molecule has 88 valence electrons. The fraction of sp³-hybridized carbons (Fsp3) is 0.300. The topological polar surface area (TPSA) is 107 Å². The molecule has 0 atom stereocenters. The predicted octanol–water partition coefficient (Wildman–Crippen LogP) is 0.534. The molecule has 7 heteroatoms. The van der Waals surface area contributed by atoms with E-state index in [9.17, 15) is 8.42 Å². The van der Waals surface area contributed by atoms with Gasteiger partial charge in [0, 0.05) is 6.20 Å². The number of hydrogen-bond donors (Lipinski definition) is 1. The van der Waals surface area contributed by atoms with Gasteiger partial charge in [0.05, 0.1) is 6.07 Å². The first-order valence-corrected chi connectivity index (χ1v) is 6.11. The first-order valence-electron chi connectivity index (χ1n) is 4.63. The summed E-state index contributed by atoms with van der Waals surface area (Å²) in [6.07, 6.45) is 1.33. The van der Waals surface area contributed by atoms with Crippen LogP contribution in [-0.2, 0) is 10.0 Å². The van der Waals surface area contributed by atoms with Crippen LogP contribution in [0.4, 0.5) is 0 Å². The minimum absolute atomic E-state index is 0.200. The number of nitrogens with zero attached hydrogens (tertiary/aromatic N) is 3. The van der Waals surface area contributed by atoms with Gasteiger partial charge in [0.15, 0.2) is 5.69 Å². The molecule has 0 aliphatic carbocycles. The molecule has 0 bridgehead atoms. The third kappa shape index (κ3) is 3.00. The quantitative estimate of drug-likeness (QED) is 0.842. The number of aromatic nitrogens is 1. The Morgan fingerprint density at radius 3 is 2.59 bits per heavy atom. The van der Waals surface area contributed by atoms with E-state index in [0.29, 0.717) is 0 Å². The number of sulfonamides is 1. The van der Waals surface area contributed by atoms with Crippen molar-refractivity contribution in [2.24, 2.45) is 0 Å². The second kappa shape index (κ2) is 4.50. The molecule has 1 aromatic heterocycles. The van der Waals surface area contributed by atoms with E-state index in [1.807, 2.05) is 6.07 Å². The van der Waals surface area contributed by atoms with Crippen LogP contribution >= 0.6 is 0 Å². The van der Waals surface area contributed by atoms with Gasteiger partial charge in [-0.2, -0.15) is 15.2 Å². The standard InChI is InChI=1S/C10H10N4O2S/c1-10(2,7-12)14-17(15,16)9-4-3-5-13-8(9)6-11/h3-5,14H,1-2H3. The average molecular weight is 250 g/mol. The van der Waals surface area contributed by atoms with Crippen LogP contribution in [0.1, 0.15) is 19.5 Å². The summed E-state index contributed by atoms with van der Waals surface area (Å²) in [6.45, 7) is 2.85. The van der Waals surface area contributed by atoms with Gasteiger partial charge < -0.3 is 0 Å². The lowest BCUT2D eigenvalue weighted by atomic mass is 10.1. The van der Waals surface area contributed by atoms with Gasteiger partial charge >= 0.3 is 0 Å². The van der Waals surface area contributed by atoms with Crippen molar-refractivity contribution in [2.75, 3.05) is 0 Å². The van der Waals surface area contributed by atoms with Crippen LogP contribution in [0.25, 0.3) is 0 Å². The van der Waals surface area contributed by atoms with E-state index in [4.69, 9.17) is 10.5 Å². The fourth-order valence-electron chi connectivity index (χ4n) is 1.11. The Kier molecular flexibility index (Phi) is 3.47. The molecule has 1 heterocycles. The Morgan fingerprint density at radius 1 is 1.41 bits per heavy atom. The molecule has 1 N–H and O–H groups in total. The lowest BCUT2D eigenvalue weighted by Crippen LogP contribution is -2.42. The molecule has 0 amide bonds. The maximum atomic E-state index is 11.9. The van der Waals surface area contributed by atoms with Gasteiger partial charge in [0.2, 0.25) is 10.0 Å². The minimum atomic E-state index is -3.93. The van der Waals surface area contributed by atoms with Crippen molar-refractivity contribution in [3.05, 3.63) is 24.0 Å². The molecule has 6 nitrogen and oxygen atoms in total. The SMILES string of the molecule is CC(C)(C#N)NS(=O)(=O)c1cccnc1C#N. The van der Waals surface area contributed by atoms with E-state index in [2.05, 4.69) is 9.71 Å². The highest BCUT2D eigenvalue weighted by Gasteiger charge is 2.28. The average Bonchev–Trinajstić information content (AvgIpc) is 2.28. The Hall–Kier alpha value is -1.96. The molecule has 0 radical (unpaired) electrons. The third-order valence-electron chi connectivity index (χ3n) is 1.84. The summed E-state index contributed by atoms with van der Waals surface area (Å²) in [5, 5.41) is 17.5. The summed E-state index contributed by atoms with van der Waals surface area (Å²) in [4.78, 5) is 3.43. The zero-order chi connectivity index (χ0) is 13.1. The zero-order valence-electron chi connectivity index (χ0n) is 9.30. The van der Waals surface area contributed by atoms with Crippen molar-refractivity contribution in [1.82, 2.24) is 9.71 Å². The highest BCUT2D eigenvalue weighted by atomic mass is 32.2. The number of hydrogen-bond acceptors (Lipinski definition) is 5. The van der Waals surface area contributed by atoms with E-state index in [0.717, 1.165) is 0 Å². The normalized spacial score (nSPS) is 11.5. The van der Waals surface area contributed by atoms with E-state index < -0.39 is 15.6 Å². The van der Waals surface area contributed by atoms with Crippen LogP contribution in [0.15, 0.2) is 23.2 Å². The van der Waals surface area contributed by atoms with Crippen LogP contribution in [-0.4, -0.2) is 18.9 Å². The molecule has 0 unspecified atom stereocenters. The third-order valence-corrected chi connectivity index (χ3v) is 3.52. The zero-order valence-corrected chi connectivity index (χ0v) is 10.1. The molecular formula is C10H10N4O2S. The molecule has 0 fully saturated rings. The van der Waals surface area contributed by atoms with E-state index >= 15 is 0 Å². The number of pyridine rings is 1. The van der Waals surface area contributed by atoms with Crippen molar-refractivity contribution in [2.45, 2.75) is 24.3 Å². The monoisotopic (exact) mass is 250 g/mol. The van der Waals surface area contributed by atoms with Crippen molar-refractivity contribution in [3.8, 4) is 12.1 Å². The van der Waals surface area contributed by atoms with E-state index in [-0.39, 0.29) is 10.6 Å². The van der Waals surface area contributed by atoms with Crippen molar-refractivity contribution in [1.29, 1.82) is 10.5 Å². The van der Waals surface area contributed by atoms with Gasteiger partial charge in [-0.1, -0.05) is 0 Å². The molecule has 0 spiro atoms. The van der Waals surface area contributed by atoms with E-state index in [1.54, 1.807) is 6.07 Å². The lowest BCUT2D eigenvalue weighted by Gasteiger charge is -2.17. The smallest absolute Gasteiger partial charge is 0.244 e. The second-order valence-corrected chi connectivity index (χ2v) is 5.46. The van der Waals surface area contributed by atoms with Crippen molar-refractivity contribution in [3.63, 3.8) is 0 Å². The predicted molar refractivity (Wildman–Crippen MR) is 59.0 cm³/mol. The summed E-state index contributed by atoms with van der Waals surface area (Å²) < 4.78 is 26.1. The summed E-state index contributed by atoms with van der Waals surface area (Å²) in [5.41, 5.74) is -1.45. The van der Waals surface area contributed by atoms with Crippen molar-refractivity contribution >= 4 is 10.0 Å². The van der Waals surface area contributed by atoms with Gasteiger partial charge in [-0.05, 0) is 26.0 Å². The molecule has 0 aliphatic rings. The van der Waals surface area contributed by atoms with Crippen LogP contribution in [0.5, 0.6) is 0 Å². The van der Waals surface area contributed by atoms with Crippen LogP contribution in [0, 0.1) is 22.7 Å². The Bertz CT molecular complexity index is 608. The van der Waals surface area contributed by atoms with Gasteiger partial charge in [0.1, 0.15) is 16.5 Å². The molecule has 17 heavy (non-hydrogen) atoms. The minimum Gasteiger partial charge on any atom is -0.244 e. The Labute approximate surface area is 99.6 Å². The van der Waals surface area contributed by atoms with Crippen LogP contribution in [0.2, 0.25) is 0 Å². The molecule has 0 aliphatic heterocycles. The summed E-state index contributed by atoms with van der Waals surface area (Å²) in [6, 6.07) is 6.18. The summed E-state index contributed by atoms with van der Waals surface area (Å²) in [7, 11) is -3.93. The highest BCUT2D eigenvalue weighted by molar-refractivity contribution is 7.89. The van der Waals surface area contributed by atoms with Crippen LogP contribution < -0.4 is 4.72 Å².